The largest absolute Gasteiger partial charge is 0.464 e. The molecule has 2 aromatic heterocycles. The standard InChI is InChI=1S/C40H54FN6O10P/c1-27(2)21-31-14-13-30(23-32(31)41)28(3)37(48)54-19-20-56-58(51,26-52-18-15-47-25-45-34-35(42)43-24-44-36(34)47)55-17-10-16-53-38(49)33(22-29-11-8-7-9-12-29)46-39(50)57-40(4,5)6/h7-9,11-14,23-25,27-28,33H,10,15-22,26H2,1-6H3,(H,46,50)(H2,42,43,44)/t28?,33-,58?/m1/s1. The van der Waals surface area contributed by atoms with E-state index < -0.39 is 49.5 Å². The number of aromatic nitrogens is 4. The molecule has 0 bridgehead atoms. The third-order valence-electron chi connectivity index (χ3n) is 8.41. The van der Waals surface area contributed by atoms with E-state index in [4.69, 9.17) is 33.7 Å². The van der Waals surface area contributed by atoms with Gasteiger partial charge in [0.25, 0.3) is 0 Å². The Morgan fingerprint density at radius 2 is 1.62 bits per heavy atom. The van der Waals surface area contributed by atoms with E-state index >= 15 is 0 Å². The highest BCUT2D eigenvalue weighted by atomic mass is 31.2. The smallest absolute Gasteiger partial charge is 0.408 e. The van der Waals surface area contributed by atoms with Crippen LogP contribution in [0, 0.1) is 11.7 Å². The maximum Gasteiger partial charge on any atom is 0.408 e. The molecule has 0 fully saturated rings. The maximum absolute atomic E-state index is 14.7. The van der Waals surface area contributed by atoms with Crippen molar-refractivity contribution in [3.63, 3.8) is 0 Å². The third kappa shape index (κ3) is 14.8. The van der Waals surface area contributed by atoms with Gasteiger partial charge < -0.3 is 43.6 Å². The summed E-state index contributed by atoms with van der Waals surface area (Å²) < 4.78 is 63.4. The minimum atomic E-state index is -3.96. The summed E-state index contributed by atoms with van der Waals surface area (Å²) in [4.78, 5) is 50.8. The highest BCUT2D eigenvalue weighted by molar-refractivity contribution is 7.53. The maximum atomic E-state index is 14.7. The summed E-state index contributed by atoms with van der Waals surface area (Å²) in [5.41, 5.74) is 7.86. The van der Waals surface area contributed by atoms with Crippen LogP contribution in [-0.2, 0) is 61.5 Å². The Balaban J connectivity index is 1.31. The van der Waals surface area contributed by atoms with Gasteiger partial charge in [-0.2, -0.15) is 0 Å². The average molecular weight is 829 g/mol. The van der Waals surface area contributed by atoms with Crippen LogP contribution in [0.25, 0.3) is 11.2 Å². The Morgan fingerprint density at radius 3 is 2.33 bits per heavy atom. The Morgan fingerprint density at radius 1 is 0.897 bits per heavy atom. The van der Waals surface area contributed by atoms with E-state index in [1.54, 1.807) is 44.4 Å². The molecule has 4 rings (SSSR count). The number of carbonyl (C=O) groups is 3. The molecule has 18 heteroatoms. The van der Waals surface area contributed by atoms with Crippen LogP contribution in [0.15, 0.2) is 61.2 Å². The summed E-state index contributed by atoms with van der Waals surface area (Å²) in [6.45, 7) is 10.2. The van der Waals surface area contributed by atoms with Gasteiger partial charge in [0.1, 0.15) is 42.3 Å². The second-order valence-electron chi connectivity index (χ2n) is 14.9. The van der Waals surface area contributed by atoms with Crippen LogP contribution in [0.5, 0.6) is 0 Å². The Labute approximate surface area is 337 Å². The van der Waals surface area contributed by atoms with Crippen molar-refractivity contribution in [2.24, 2.45) is 5.92 Å². The number of fused-ring (bicyclic) bond motifs is 1. The number of esters is 2. The highest BCUT2D eigenvalue weighted by Crippen LogP contribution is 2.48. The first kappa shape index (κ1) is 45.7. The number of amides is 1. The minimum absolute atomic E-state index is 0.0656. The van der Waals surface area contributed by atoms with E-state index in [0.717, 1.165) is 5.56 Å². The summed E-state index contributed by atoms with van der Waals surface area (Å²) in [7, 11) is -3.96. The minimum Gasteiger partial charge on any atom is -0.464 e. The quantitative estimate of drug-likeness (QED) is 0.0383. The number of nitrogens with one attached hydrogen (secondary N) is 1. The molecule has 2 aromatic carbocycles. The zero-order valence-electron chi connectivity index (χ0n) is 33.9. The van der Waals surface area contributed by atoms with Gasteiger partial charge in [0.15, 0.2) is 11.5 Å². The average Bonchev–Trinajstić information content (AvgIpc) is 3.59. The molecule has 0 saturated heterocycles. The van der Waals surface area contributed by atoms with Crippen molar-refractivity contribution >= 4 is 42.6 Å². The van der Waals surface area contributed by atoms with E-state index in [2.05, 4.69) is 20.3 Å². The van der Waals surface area contributed by atoms with Crippen LogP contribution in [0.1, 0.15) is 70.6 Å². The number of nitrogens with zero attached hydrogens (tertiary/aromatic N) is 4. The number of rotatable bonds is 22. The third-order valence-corrected chi connectivity index (χ3v) is 10.1. The van der Waals surface area contributed by atoms with Crippen LogP contribution in [0.4, 0.5) is 15.0 Å². The van der Waals surface area contributed by atoms with Crippen LogP contribution < -0.4 is 11.1 Å². The molecule has 16 nitrogen and oxygen atoms in total. The van der Waals surface area contributed by atoms with Crippen molar-refractivity contribution < 1.29 is 51.3 Å². The number of hydrogen-bond donors (Lipinski definition) is 2. The number of nitrogens with two attached hydrogens (primary N) is 1. The van der Waals surface area contributed by atoms with Gasteiger partial charge in [-0.25, -0.2) is 28.9 Å². The lowest BCUT2D eigenvalue weighted by atomic mass is 9.96. The van der Waals surface area contributed by atoms with Gasteiger partial charge in [0.2, 0.25) is 0 Å². The second-order valence-corrected chi connectivity index (χ2v) is 16.9. The summed E-state index contributed by atoms with van der Waals surface area (Å²) >= 11 is 0. The molecule has 0 aliphatic rings. The Hall–Kier alpha value is -4.96. The first-order chi connectivity index (χ1) is 27.5. The number of halogens is 1. The molecule has 1 amide bonds. The van der Waals surface area contributed by atoms with E-state index in [1.165, 1.54) is 18.7 Å². The molecule has 2 unspecified atom stereocenters. The molecule has 0 saturated carbocycles. The second kappa shape index (κ2) is 21.7. The number of benzene rings is 2. The fourth-order valence-electron chi connectivity index (χ4n) is 5.56. The molecule has 58 heavy (non-hydrogen) atoms. The summed E-state index contributed by atoms with van der Waals surface area (Å²) in [6, 6.07) is 12.8. The predicted octanol–water partition coefficient (Wildman–Crippen LogP) is 6.36. The number of alkyl carbamates (subject to hydrolysis) is 1. The lowest BCUT2D eigenvalue weighted by Gasteiger charge is -2.23. The van der Waals surface area contributed by atoms with E-state index in [9.17, 15) is 23.3 Å². The highest BCUT2D eigenvalue weighted by Gasteiger charge is 2.28. The predicted molar refractivity (Wildman–Crippen MR) is 213 cm³/mol. The van der Waals surface area contributed by atoms with Gasteiger partial charge in [0.05, 0.1) is 38.7 Å². The van der Waals surface area contributed by atoms with Crippen LogP contribution in [-0.4, -0.2) is 88.6 Å². The molecule has 0 aliphatic heterocycles. The number of nitrogen functional groups attached to an aromatic ring is 1. The zero-order chi connectivity index (χ0) is 42.3. The molecule has 4 aromatic rings. The van der Waals surface area contributed by atoms with Gasteiger partial charge in [-0.15, -0.1) is 0 Å². The number of carbonyl (C=O) groups excluding carboxylic acids is 3. The van der Waals surface area contributed by atoms with Crippen molar-refractivity contribution in [2.75, 3.05) is 45.1 Å². The molecule has 0 spiro atoms. The van der Waals surface area contributed by atoms with Crippen molar-refractivity contribution in [2.45, 2.75) is 84.9 Å². The molecule has 3 N–H and O–H groups in total. The first-order valence-corrected chi connectivity index (χ1v) is 20.8. The molecule has 2 heterocycles. The fourth-order valence-corrected chi connectivity index (χ4v) is 6.90. The number of hydrogen-bond acceptors (Lipinski definition) is 14. The van der Waals surface area contributed by atoms with Crippen LogP contribution >= 0.6 is 7.60 Å². The van der Waals surface area contributed by atoms with Gasteiger partial charge in [-0.1, -0.05) is 56.3 Å². The fraction of sp³-hybridized carbons (Fsp3) is 0.500. The van der Waals surface area contributed by atoms with Crippen molar-refractivity contribution in [1.82, 2.24) is 24.8 Å². The topological polar surface area (TPSA) is 205 Å². The lowest BCUT2D eigenvalue weighted by molar-refractivity contribution is -0.147. The Kier molecular flexibility index (Phi) is 17.1. The lowest BCUT2D eigenvalue weighted by Crippen LogP contribution is -2.45. The molecule has 0 aliphatic carbocycles. The number of ether oxygens (including phenoxy) is 4. The summed E-state index contributed by atoms with van der Waals surface area (Å²) in [5.74, 6) is -1.95. The van der Waals surface area contributed by atoms with Gasteiger partial charge in [-0.05, 0) is 62.8 Å². The monoisotopic (exact) mass is 828 g/mol. The van der Waals surface area contributed by atoms with Crippen molar-refractivity contribution in [3.05, 3.63) is 83.7 Å². The normalized spacial score (nSPS) is 13.8. The van der Waals surface area contributed by atoms with E-state index in [1.807, 2.05) is 44.2 Å². The van der Waals surface area contributed by atoms with Gasteiger partial charge in [0, 0.05) is 19.4 Å². The number of anilines is 1. The van der Waals surface area contributed by atoms with Crippen LogP contribution in [0.2, 0.25) is 0 Å². The molecule has 3 atom stereocenters. The zero-order valence-corrected chi connectivity index (χ0v) is 34.7. The molecular weight excluding hydrogens is 774 g/mol. The SMILES string of the molecule is CC(C)Cc1ccc(C(C)C(=O)OCCOP(=O)(COCCn2cnc3c(N)ncnc32)OCCCOC(=O)[C@@H](Cc2ccccc2)NC(=O)OC(C)(C)C)cc1F. The summed E-state index contributed by atoms with van der Waals surface area (Å²) in [5, 5.41) is 2.58. The van der Waals surface area contributed by atoms with E-state index in [0.29, 0.717) is 28.7 Å². The van der Waals surface area contributed by atoms with Crippen molar-refractivity contribution in [1.29, 1.82) is 0 Å². The van der Waals surface area contributed by atoms with E-state index in [-0.39, 0.29) is 70.0 Å². The van der Waals surface area contributed by atoms with Gasteiger partial charge >= 0.3 is 25.6 Å². The molecule has 316 valence electrons. The van der Waals surface area contributed by atoms with Crippen molar-refractivity contribution in [3.8, 4) is 0 Å². The first-order valence-electron chi connectivity index (χ1n) is 19.1. The van der Waals surface area contributed by atoms with Gasteiger partial charge in [-0.3, -0.25) is 9.36 Å². The summed E-state index contributed by atoms with van der Waals surface area (Å²) in [6.07, 6.45) is 2.48. The Bertz CT molecular complexity index is 2010. The number of imidazole rings is 1. The molecule has 0 radical (unpaired) electrons. The van der Waals surface area contributed by atoms with Crippen LogP contribution in [0.3, 0.4) is 0 Å². The molecular formula is C40H54FN6O10P.